The zero-order valence-electron chi connectivity index (χ0n) is 29.9. The molecule has 1 saturated carbocycles. The molecule has 276 valence electrons. The van der Waals surface area contributed by atoms with Gasteiger partial charge >= 0.3 is 11.9 Å². The standard InChI is InChI=1S/C42H48F3N3O4/c1-27-7-6-19-40(2)35(16-20-41(40,52)26-47-21-17-31(18-22-47)48-37-11-4-3-10-36(37)46-39(48)51)33-15-13-28(23-32(49)14-12-27)24-34(33)38(50)29-8-5-9-30(25-29)42(43,44)45/h3-5,7-11,13,15,24-25,31-32,35,49,52H,6,12,14,16-23,26H2,1-2H3,(H,46,51). The van der Waals surface area contributed by atoms with Crippen molar-refractivity contribution < 1.29 is 28.2 Å². The Labute approximate surface area is 302 Å². The zero-order valence-corrected chi connectivity index (χ0v) is 29.9. The van der Waals surface area contributed by atoms with Crippen LogP contribution < -0.4 is 5.69 Å². The van der Waals surface area contributed by atoms with Gasteiger partial charge in [0.05, 0.1) is 28.3 Å². The van der Waals surface area contributed by atoms with Crippen molar-refractivity contribution in [3.05, 3.63) is 117 Å². The third-order valence-corrected chi connectivity index (χ3v) is 12.4. The minimum atomic E-state index is -4.59. The number of β-amino-alcohol motifs (C(OH)–C–C–N with tert-alkyl or cyclic N) is 1. The maximum Gasteiger partial charge on any atom is 0.416 e. The summed E-state index contributed by atoms with van der Waals surface area (Å²) in [6, 6.07) is 17.9. The first-order chi connectivity index (χ1) is 24.8. The number of benzene rings is 3. The average molecular weight is 716 g/mol. The Morgan fingerprint density at radius 3 is 2.52 bits per heavy atom. The number of aliphatic hydroxyl groups excluding tert-OH is 1. The van der Waals surface area contributed by atoms with E-state index in [4.69, 9.17) is 0 Å². The van der Waals surface area contributed by atoms with Crippen molar-refractivity contribution in [1.29, 1.82) is 0 Å². The van der Waals surface area contributed by atoms with Crippen LogP contribution >= 0.6 is 0 Å². The molecule has 3 aromatic carbocycles. The summed E-state index contributed by atoms with van der Waals surface area (Å²) in [6.45, 7) is 6.07. The number of carbonyl (C=O) groups excluding carboxylic acids is 1. The minimum Gasteiger partial charge on any atom is -0.393 e. The Kier molecular flexibility index (Phi) is 9.86. The number of rotatable bonds is 5. The first-order valence-corrected chi connectivity index (χ1v) is 18.6. The lowest BCUT2D eigenvalue weighted by molar-refractivity contribution is -0.137. The van der Waals surface area contributed by atoms with E-state index in [2.05, 4.69) is 29.8 Å². The molecule has 1 saturated heterocycles. The summed E-state index contributed by atoms with van der Waals surface area (Å²) in [6.07, 6.45) is 2.57. The van der Waals surface area contributed by atoms with E-state index >= 15 is 0 Å². The average Bonchev–Trinajstić information content (AvgIpc) is 3.58. The van der Waals surface area contributed by atoms with Crippen molar-refractivity contribution in [2.45, 2.75) is 101 Å². The highest BCUT2D eigenvalue weighted by atomic mass is 19.4. The molecule has 4 unspecified atom stereocenters. The number of para-hydroxylation sites is 2. The van der Waals surface area contributed by atoms with Gasteiger partial charge in [-0.25, -0.2) is 4.79 Å². The van der Waals surface area contributed by atoms with E-state index in [1.165, 1.54) is 17.7 Å². The van der Waals surface area contributed by atoms with Crippen LogP contribution in [0.3, 0.4) is 0 Å². The number of aliphatic hydroxyl groups is 2. The summed E-state index contributed by atoms with van der Waals surface area (Å²) in [4.78, 5) is 32.5. The Morgan fingerprint density at radius 2 is 1.75 bits per heavy atom. The number of halogens is 3. The highest BCUT2D eigenvalue weighted by Gasteiger charge is 2.57. The molecule has 7 nitrogen and oxygen atoms in total. The number of imidazole rings is 1. The predicted octanol–water partition coefficient (Wildman–Crippen LogP) is 7.96. The number of fused-ring (bicyclic) bond motifs is 9. The molecule has 0 spiro atoms. The number of aromatic amines is 1. The first kappa shape index (κ1) is 36.4. The van der Waals surface area contributed by atoms with Gasteiger partial charge in [0, 0.05) is 42.2 Å². The number of carbonyl (C=O) groups is 1. The van der Waals surface area contributed by atoms with Gasteiger partial charge < -0.3 is 20.1 Å². The Bertz CT molecular complexity index is 2040. The van der Waals surface area contributed by atoms with Gasteiger partial charge in [0.25, 0.3) is 0 Å². The number of nitrogens with one attached hydrogen (secondary N) is 1. The van der Waals surface area contributed by atoms with E-state index in [1.54, 1.807) is 6.07 Å². The fraction of sp³-hybridized carbons (Fsp3) is 0.476. The van der Waals surface area contributed by atoms with Gasteiger partial charge in [-0.3, -0.25) is 9.36 Å². The van der Waals surface area contributed by atoms with E-state index in [0.717, 1.165) is 60.2 Å². The largest absolute Gasteiger partial charge is 0.416 e. The van der Waals surface area contributed by atoms with E-state index in [9.17, 15) is 33.0 Å². The molecule has 0 radical (unpaired) electrons. The number of allylic oxidation sites excluding steroid dienone is 2. The maximum atomic E-state index is 14.3. The summed E-state index contributed by atoms with van der Waals surface area (Å²) in [7, 11) is 0. The molecule has 52 heavy (non-hydrogen) atoms. The van der Waals surface area contributed by atoms with Crippen molar-refractivity contribution in [1.82, 2.24) is 14.5 Å². The molecule has 2 fully saturated rings. The summed E-state index contributed by atoms with van der Waals surface area (Å²) >= 11 is 0. The molecule has 1 aliphatic heterocycles. The molecule has 2 heterocycles. The van der Waals surface area contributed by atoms with Crippen LogP contribution in [0.4, 0.5) is 13.2 Å². The summed E-state index contributed by atoms with van der Waals surface area (Å²) in [5.74, 6) is -0.729. The van der Waals surface area contributed by atoms with E-state index < -0.39 is 34.6 Å². The van der Waals surface area contributed by atoms with Crippen molar-refractivity contribution in [2.75, 3.05) is 19.6 Å². The maximum absolute atomic E-state index is 14.3. The van der Waals surface area contributed by atoms with Gasteiger partial charge in [0.15, 0.2) is 5.78 Å². The van der Waals surface area contributed by atoms with Crippen LogP contribution in [0, 0.1) is 5.41 Å². The van der Waals surface area contributed by atoms with Crippen LogP contribution in [-0.2, 0) is 12.6 Å². The molecule has 8 rings (SSSR count). The van der Waals surface area contributed by atoms with Crippen molar-refractivity contribution in [2.24, 2.45) is 5.41 Å². The number of aromatic nitrogens is 2. The Hall–Kier alpha value is -3.99. The van der Waals surface area contributed by atoms with Crippen LogP contribution in [0.5, 0.6) is 0 Å². The Morgan fingerprint density at radius 1 is 0.981 bits per heavy atom. The zero-order chi connectivity index (χ0) is 36.8. The minimum absolute atomic E-state index is 0.0411. The van der Waals surface area contributed by atoms with Crippen molar-refractivity contribution in [3.63, 3.8) is 0 Å². The lowest BCUT2D eigenvalue weighted by atomic mass is 9.64. The predicted molar refractivity (Wildman–Crippen MR) is 196 cm³/mol. The normalized spacial score (nSPS) is 26.6. The Balaban J connectivity index is 1.21. The second-order valence-electron chi connectivity index (χ2n) is 15.7. The molecule has 4 aliphatic rings. The number of hydrogen-bond acceptors (Lipinski definition) is 5. The summed E-state index contributed by atoms with van der Waals surface area (Å²) < 4.78 is 43.0. The van der Waals surface area contributed by atoms with Crippen LogP contribution in [0.1, 0.15) is 110 Å². The lowest BCUT2D eigenvalue weighted by Gasteiger charge is -2.47. The van der Waals surface area contributed by atoms with Gasteiger partial charge in [-0.1, -0.05) is 55.0 Å². The van der Waals surface area contributed by atoms with Crippen LogP contribution in [0.25, 0.3) is 11.0 Å². The third kappa shape index (κ3) is 6.93. The molecule has 10 heteroatoms. The van der Waals surface area contributed by atoms with Crippen LogP contribution in [-0.4, -0.2) is 61.8 Å². The van der Waals surface area contributed by atoms with Gasteiger partial charge in [-0.15, -0.1) is 0 Å². The SMILES string of the molecule is CC1=CCCC2(C)C(CCC2(O)CN2CCC(n3c(=O)[nH]c4ccccc43)CC2)c2ccc(cc2C(=O)c2cccc(C(F)(F)F)c2)CC(O)CC1. The molecule has 3 aliphatic carbocycles. The van der Waals surface area contributed by atoms with Crippen molar-refractivity contribution >= 4 is 16.8 Å². The summed E-state index contributed by atoms with van der Waals surface area (Å²) in [5, 5.41) is 23.7. The van der Waals surface area contributed by atoms with Gasteiger partial charge in [0.2, 0.25) is 0 Å². The highest BCUT2D eigenvalue weighted by Crippen LogP contribution is 2.59. The molecule has 4 aromatic rings. The summed E-state index contributed by atoms with van der Waals surface area (Å²) in [5.41, 5.74) is 1.91. The fourth-order valence-electron chi connectivity index (χ4n) is 9.33. The number of likely N-dealkylation sites (tertiary alicyclic amines) is 1. The number of ketones is 1. The smallest absolute Gasteiger partial charge is 0.393 e. The molecular weight excluding hydrogens is 667 g/mol. The quantitative estimate of drug-likeness (QED) is 0.144. The molecule has 4 atom stereocenters. The number of nitrogens with zero attached hydrogens (tertiary/aromatic N) is 2. The molecule has 3 N–H and O–H groups in total. The molecular formula is C42H48F3N3O4. The monoisotopic (exact) mass is 715 g/mol. The lowest BCUT2D eigenvalue weighted by Crippen LogP contribution is -2.54. The second kappa shape index (κ2) is 14.1. The van der Waals surface area contributed by atoms with Gasteiger partial charge in [0.1, 0.15) is 0 Å². The van der Waals surface area contributed by atoms with E-state index in [-0.39, 0.29) is 23.2 Å². The first-order valence-electron chi connectivity index (χ1n) is 18.6. The number of alkyl halides is 3. The second-order valence-corrected chi connectivity index (χ2v) is 15.7. The fourth-order valence-corrected chi connectivity index (χ4v) is 9.33. The van der Waals surface area contributed by atoms with Crippen LogP contribution in [0.2, 0.25) is 0 Å². The van der Waals surface area contributed by atoms with Crippen LogP contribution in [0.15, 0.2) is 83.2 Å². The number of hydrogen-bond donors (Lipinski definition) is 3. The highest BCUT2D eigenvalue weighted by molar-refractivity contribution is 6.10. The number of piperidine rings is 1. The molecule has 1 aromatic heterocycles. The molecule has 2 bridgehead atoms. The number of H-pyrrole nitrogens is 1. The van der Waals surface area contributed by atoms with E-state index in [1.807, 2.05) is 41.0 Å². The third-order valence-electron chi connectivity index (χ3n) is 12.4. The van der Waals surface area contributed by atoms with Gasteiger partial charge in [-0.05, 0) is 112 Å². The molecule has 0 amide bonds. The van der Waals surface area contributed by atoms with Crippen molar-refractivity contribution in [3.8, 4) is 0 Å². The topological polar surface area (TPSA) is 98.6 Å². The van der Waals surface area contributed by atoms with E-state index in [0.29, 0.717) is 57.1 Å². The van der Waals surface area contributed by atoms with Gasteiger partial charge in [-0.2, -0.15) is 13.2 Å².